The summed E-state index contributed by atoms with van der Waals surface area (Å²) in [6.07, 6.45) is 1.16. The molecule has 24 heavy (non-hydrogen) atoms. The summed E-state index contributed by atoms with van der Waals surface area (Å²) in [5.74, 6) is 0.656. The number of benzene rings is 2. The SMILES string of the molecule is Cc1ccc(C)c(O[C@H](C)C(=O)NCCCc2ccccc2Cl)c1. The molecule has 0 radical (unpaired) electrons. The number of carbonyl (C=O) groups excluding carboxylic acids is 1. The normalized spacial score (nSPS) is 11.8. The molecule has 128 valence electrons. The van der Waals surface area contributed by atoms with E-state index in [1.165, 1.54) is 0 Å². The molecular formula is C20H24ClNO2. The summed E-state index contributed by atoms with van der Waals surface area (Å²) in [7, 11) is 0. The van der Waals surface area contributed by atoms with Gasteiger partial charge in [-0.2, -0.15) is 0 Å². The zero-order valence-corrected chi connectivity index (χ0v) is 15.2. The van der Waals surface area contributed by atoms with Gasteiger partial charge in [0.25, 0.3) is 5.91 Å². The molecule has 0 aromatic heterocycles. The molecule has 0 heterocycles. The third-order valence-electron chi connectivity index (χ3n) is 3.90. The van der Waals surface area contributed by atoms with Crippen molar-refractivity contribution in [2.45, 2.75) is 39.7 Å². The lowest BCUT2D eigenvalue weighted by molar-refractivity contribution is -0.127. The number of aryl methyl sites for hydroxylation is 3. The number of rotatable bonds is 7. The van der Waals surface area contributed by atoms with E-state index < -0.39 is 6.10 Å². The predicted octanol–water partition coefficient (Wildman–Crippen LogP) is 4.47. The lowest BCUT2D eigenvalue weighted by Crippen LogP contribution is -2.37. The number of nitrogens with one attached hydrogen (secondary N) is 1. The van der Waals surface area contributed by atoms with Crippen LogP contribution in [0.15, 0.2) is 42.5 Å². The van der Waals surface area contributed by atoms with E-state index in [1.807, 2.05) is 56.3 Å². The number of carbonyl (C=O) groups is 1. The minimum absolute atomic E-state index is 0.102. The van der Waals surface area contributed by atoms with E-state index in [-0.39, 0.29) is 5.91 Å². The Kier molecular flexibility index (Phi) is 6.68. The fourth-order valence-corrected chi connectivity index (χ4v) is 2.64. The van der Waals surface area contributed by atoms with Gasteiger partial charge in [0.2, 0.25) is 0 Å². The van der Waals surface area contributed by atoms with E-state index in [1.54, 1.807) is 6.92 Å². The Hall–Kier alpha value is -2.00. The standard InChI is InChI=1S/C20H24ClNO2/c1-14-10-11-15(2)19(13-14)24-16(3)20(23)22-12-6-8-17-7-4-5-9-18(17)21/h4-5,7,9-11,13,16H,6,8,12H2,1-3H3,(H,22,23)/t16-/m1/s1. The van der Waals surface area contributed by atoms with Crippen molar-refractivity contribution in [1.29, 1.82) is 0 Å². The van der Waals surface area contributed by atoms with Gasteiger partial charge in [-0.1, -0.05) is 41.9 Å². The Balaban J connectivity index is 1.77. The lowest BCUT2D eigenvalue weighted by Gasteiger charge is -2.16. The van der Waals surface area contributed by atoms with E-state index in [0.29, 0.717) is 6.54 Å². The van der Waals surface area contributed by atoms with Gasteiger partial charge in [-0.3, -0.25) is 4.79 Å². The van der Waals surface area contributed by atoms with Gasteiger partial charge in [0.05, 0.1) is 0 Å². The topological polar surface area (TPSA) is 38.3 Å². The molecule has 0 aliphatic rings. The van der Waals surface area contributed by atoms with Crippen LogP contribution in [0.5, 0.6) is 5.75 Å². The van der Waals surface area contributed by atoms with E-state index in [2.05, 4.69) is 5.32 Å². The maximum absolute atomic E-state index is 12.2. The van der Waals surface area contributed by atoms with Gasteiger partial charge in [-0.15, -0.1) is 0 Å². The molecule has 2 aromatic carbocycles. The molecular weight excluding hydrogens is 322 g/mol. The molecule has 0 fully saturated rings. The van der Waals surface area contributed by atoms with E-state index >= 15 is 0 Å². The van der Waals surface area contributed by atoms with Crippen LogP contribution in [0, 0.1) is 13.8 Å². The smallest absolute Gasteiger partial charge is 0.260 e. The first-order chi connectivity index (χ1) is 11.5. The van der Waals surface area contributed by atoms with Gasteiger partial charge >= 0.3 is 0 Å². The van der Waals surface area contributed by atoms with Gasteiger partial charge in [-0.05, 0) is 62.4 Å². The first-order valence-corrected chi connectivity index (χ1v) is 8.60. The predicted molar refractivity (Wildman–Crippen MR) is 98.8 cm³/mol. The summed E-state index contributed by atoms with van der Waals surface area (Å²) in [4.78, 5) is 12.2. The molecule has 4 heteroatoms. The average molecular weight is 346 g/mol. The summed E-state index contributed by atoms with van der Waals surface area (Å²) in [6.45, 7) is 6.35. The van der Waals surface area contributed by atoms with Crippen LogP contribution in [-0.2, 0) is 11.2 Å². The highest BCUT2D eigenvalue weighted by atomic mass is 35.5. The van der Waals surface area contributed by atoms with Crippen molar-refractivity contribution in [1.82, 2.24) is 5.32 Å². The van der Waals surface area contributed by atoms with Crippen LogP contribution in [0.4, 0.5) is 0 Å². The highest BCUT2D eigenvalue weighted by Gasteiger charge is 2.15. The van der Waals surface area contributed by atoms with Crippen LogP contribution >= 0.6 is 11.6 Å². The first kappa shape index (κ1) is 18.3. The Morgan fingerprint density at radius 1 is 1.21 bits per heavy atom. The Bertz CT molecular complexity index is 700. The first-order valence-electron chi connectivity index (χ1n) is 8.22. The van der Waals surface area contributed by atoms with E-state index in [0.717, 1.165) is 40.3 Å². The lowest BCUT2D eigenvalue weighted by atomic mass is 10.1. The molecule has 2 aromatic rings. The van der Waals surface area contributed by atoms with E-state index in [4.69, 9.17) is 16.3 Å². The van der Waals surface area contributed by atoms with Crippen molar-refractivity contribution in [2.24, 2.45) is 0 Å². The second-order valence-corrected chi connectivity index (χ2v) is 6.42. The maximum atomic E-state index is 12.2. The molecule has 0 spiro atoms. The molecule has 2 rings (SSSR count). The van der Waals surface area contributed by atoms with Gasteiger partial charge in [0.1, 0.15) is 5.75 Å². The van der Waals surface area contributed by atoms with Crippen LogP contribution < -0.4 is 10.1 Å². The summed E-state index contributed by atoms with van der Waals surface area (Å²) < 4.78 is 5.79. The maximum Gasteiger partial charge on any atom is 0.260 e. The number of hydrogen-bond acceptors (Lipinski definition) is 2. The molecule has 1 N–H and O–H groups in total. The van der Waals surface area contributed by atoms with Gasteiger partial charge in [0, 0.05) is 11.6 Å². The highest BCUT2D eigenvalue weighted by molar-refractivity contribution is 6.31. The molecule has 1 atom stereocenters. The van der Waals surface area contributed by atoms with Gasteiger partial charge in [-0.25, -0.2) is 0 Å². The Morgan fingerprint density at radius 2 is 1.96 bits per heavy atom. The van der Waals surface area contributed by atoms with Gasteiger partial charge in [0.15, 0.2) is 6.10 Å². The highest BCUT2D eigenvalue weighted by Crippen LogP contribution is 2.20. The third-order valence-corrected chi connectivity index (χ3v) is 4.27. The second kappa shape index (κ2) is 8.74. The molecule has 0 aliphatic heterocycles. The monoisotopic (exact) mass is 345 g/mol. The van der Waals surface area contributed by atoms with Crippen LogP contribution in [0.25, 0.3) is 0 Å². The number of hydrogen-bond donors (Lipinski definition) is 1. The summed E-state index contributed by atoms with van der Waals surface area (Å²) in [6, 6.07) is 13.8. The van der Waals surface area contributed by atoms with Crippen LogP contribution in [-0.4, -0.2) is 18.6 Å². The molecule has 0 unspecified atom stereocenters. The Labute approximate surface area is 149 Å². The van der Waals surface area contributed by atoms with Crippen molar-refractivity contribution in [2.75, 3.05) is 6.54 Å². The van der Waals surface area contributed by atoms with E-state index in [9.17, 15) is 4.79 Å². The molecule has 0 aliphatic carbocycles. The summed E-state index contributed by atoms with van der Waals surface area (Å²) in [5, 5.41) is 3.69. The minimum atomic E-state index is -0.522. The summed E-state index contributed by atoms with van der Waals surface area (Å²) >= 11 is 6.13. The van der Waals surface area contributed by atoms with Crippen molar-refractivity contribution in [3.8, 4) is 5.75 Å². The fraction of sp³-hybridized carbons (Fsp3) is 0.350. The average Bonchev–Trinajstić information content (AvgIpc) is 2.56. The van der Waals surface area contributed by atoms with Crippen LogP contribution in [0.1, 0.15) is 30.0 Å². The molecule has 0 saturated heterocycles. The molecule has 0 saturated carbocycles. The molecule has 3 nitrogen and oxygen atoms in total. The van der Waals surface area contributed by atoms with Crippen LogP contribution in [0.2, 0.25) is 5.02 Å². The summed E-state index contributed by atoms with van der Waals surface area (Å²) in [5.41, 5.74) is 3.25. The molecule has 0 bridgehead atoms. The number of halogens is 1. The van der Waals surface area contributed by atoms with Crippen LogP contribution in [0.3, 0.4) is 0 Å². The third kappa shape index (κ3) is 5.27. The quantitative estimate of drug-likeness (QED) is 0.752. The van der Waals surface area contributed by atoms with Crippen molar-refractivity contribution >= 4 is 17.5 Å². The second-order valence-electron chi connectivity index (χ2n) is 6.02. The number of ether oxygens (including phenoxy) is 1. The van der Waals surface area contributed by atoms with Crippen molar-refractivity contribution < 1.29 is 9.53 Å². The zero-order chi connectivity index (χ0) is 17.5. The number of amides is 1. The largest absolute Gasteiger partial charge is 0.481 e. The molecule has 1 amide bonds. The van der Waals surface area contributed by atoms with Gasteiger partial charge < -0.3 is 10.1 Å². The Morgan fingerprint density at radius 3 is 2.71 bits per heavy atom. The fourth-order valence-electron chi connectivity index (χ4n) is 2.41. The van der Waals surface area contributed by atoms with Crippen molar-refractivity contribution in [3.63, 3.8) is 0 Å². The zero-order valence-electron chi connectivity index (χ0n) is 14.4. The van der Waals surface area contributed by atoms with Crippen molar-refractivity contribution in [3.05, 3.63) is 64.2 Å². The minimum Gasteiger partial charge on any atom is -0.481 e.